The van der Waals surface area contributed by atoms with E-state index in [0.29, 0.717) is 19.5 Å². The van der Waals surface area contributed by atoms with E-state index >= 15 is 0 Å². The molecule has 2 rings (SSSR count). The second-order valence-corrected chi connectivity index (χ2v) is 4.01. The molecule has 2 N–H and O–H groups in total. The predicted octanol–water partition coefficient (Wildman–Crippen LogP) is 0.535. The quantitative estimate of drug-likeness (QED) is 0.730. The molecule has 6 nitrogen and oxygen atoms in total. The number of fused-ring (bicyclic) bond motifs is 1. The minimum absolute atomic E-state index is 0.125. The zero-order valence-electron chi connectivity index (χ0n) is 10.4. The van der Waals surface area contributed by atoms with Crippen LogP contribution in [0.3, 0.4) is 0 Å². The summed E-state index contributed by atoms with van der Waals surface area (Å²) in [6, 6.07) is 7.63. The number of rotatable bonds is 6. The van der Waals surface area contributed by atoms with E-state index in [9.17, 15) is 4.79 Å². The first-order chi connectivity index (χ1) is 9.31. The Morgan fingerprint density at radius 1 is 1.42 bits per heavy atom. The van der Waals surface area contributed by atoms with Crippen molar-refractivity contribution in [3.63, 3.8) is 0 Å². The second-order valence-electron chi connectivity index (χ2n) is 4.01. The topological polar surface area (TPSA) is 83.4 Å². The zero-order valence-corrected chi connectivity index (χ0v) is 10.4. The third-order valence-corrected chi connectivity index (χ3v) is 2.64. The summed E-state index contributed by atoms with van der Waals surface area (Å²) in [7, 11) is 0. The van der Waals surface area contributed by atoms with Gasteiger partial charge in [0.15, 0.2) is 11.5 Å². The number of carbonyl (C=O) groups excluding carboxylic acids is 1. The Labute approximate surface area is 111 Å². The molecule has 100 valence electrons. The van der Waals surface area contributed by atoms with Gasteiger partial charge in [-0.25, -0.2) is 0 Å². The lowest BCUT2D eigenvalue weighted by Crippen LogP contribution is -2.34. The van der Waals surface area contributed by atoms with Crippen LogP contribution in [0.15, 0.2) is 18.2 Å². The minimum atomic E-state index is -0.125. The first-order valence-corrected chi connectivity index (χ1v) is 6.03. The second kappa shape index (κ2) is 6.61. The molecule has 0 spiro atoms. The van der Waals surface area contributed by atoms with Crippen LogP contribution in [0.5, 0.6) is 11.5 Å². The number of nitriles is 1. The van der Waals surface area contributed by atoms with Gasteiger partial charge in [0.25, 0.3) is 0 Å². The van der Waals surface area contributed by atoms with Crippen molar-refractivity contribution in [2.75, 3.05) is 19.9 Å². The summed E-state index contributed by atoms with van der Waals surface area (Å²) in [5, 5.41) is 14.0. The summed E-state index contributed by atoms with van der Waals surface area (Å²) in [6.45, 7) is 1.35. The number of nitrogens with zero attached hydrogens (tertiary/aromatic N) is 1. The number of hydrogen-bond donors (Lipinski definition) is 2. The highest BCUT2D eigenvalue weighted by Gasteiger charge is 2.16. The smallest absolute Gasteiger partial charge is 0.234 e. The SMILES string of the molecule is N#CCCNC(=O)CNCc1cccc2c1OCO2. The van der Waals surface area contributed by atoms with Crippen LogP contribution in [0.4, 0.5) is 0 Å². The molecule has 1 aliphatic heterocycles. The van der Waals surface area contributed by atoms with E-state index in [1.54, 1.807) is 0 Å². The summed E-state index contributed by atoms with van der Waals surface area (Å²) in [4.78, 5) is 11.4. The van der Waals surface area contributed by atoms with Gasteiger partial charge < -0.3 is 20.1 Å². The fourth-order valence-corrected chi connectivity index (χ4v) is 1.76. The van der Waals surface area contributed by atoms with E-state index in [0.717, 1.165) is 17.1 Å². The number of carbonyl (C=O) groups is 1. The van der Waals surface area contributed by atoms with Crippen LogP contribution in [0.2, 0.25) is 0 Å². The molecule has 1 amide bonds. The Hall–Kier alpha value is -2.26. The van der Waals surface area contributed by atoms with Crippen LogP contribution >= 0.6 is 0 Å². The van der Waals surface area contributed by atoms with Crippen LogP contribution in [0, 0.1) is 11.3 Å². The third kappa shape index (κ3) is 3.60. The summed E-state index contributed by atoms with van der Waals surface area (Å²) < 4.78 is 10.6. The average molecular weight is 261 g/mol. The molecule has 0 saturated carbocycles. The van der Waals surface area contributed by atoms with Gasteiger partial charge in [-0.3, -0.25) is 4.79 Å². The van der Waals surface area contributed by atoms with Gasteiger partial charge in [0.2, 0.25) is 12.7 Å². The summed E-state index contributed by atoms with van der Waals surface area (Å²) in [5.74, 6) is 1.35. The van der Waals surface area contributed by atoms with Crippen molar-refractivity contribution in [2.45, 2.75) is 13.0 Å². The van der Waals surface area contributed by atoms with Crippen molar-refractivity contribution in [1.29, 1.82) is 5.26 Å². The van der Waals surface area contributed by atoms with Crippen LogP contribution in [-0.2, 0) is 11.3 Å². The molecule has 0 unspecified atom stereocenters. The molecule has 0 radical (unpaired) electrons. The molecule has 19 heavy (non-hydrogen) atoms. The fraction of sp³-hybridized carbons (Fsp3) is 0.385. The van der Waals surface area contributed by atoms with Gasteiger partial charge in [-0.05, 0) is 6.07 Å². The maximum Gasteiger partial charge on any atom is 0.234 e. The van der Waals surface area contributed by atoms with Crippen molar-refractivity contribution in [3.8, 4) is 17.6 Å². The largest absolute Gasteiger partial charge is 0.454 e. The van der Waals surface area contributed by atoms with E-state index in [1.165, 1.54) is 0 Å². The van der Waals surface area contributed by atoms with Crippen molar-refractivity contribution in [2.24, 2.45) is 0 Å². The first-order valence-electron chi connectivity index (χ1n) is 6.03. The van der Waals surface area contributed by atoms with Crippen molar-refractivity contribution in [3.05, 3.63) is 23.8 Å². The summed E-state index contributed by atoms with van der Waals surface area (Å²) in [5.41, 5.74) is 0.958. The molecular formula is C13H15N3O3. The number of nitrogens with one attached hydrogen (secondary N) is 2. The molecule has 0 fully saturated rings. The van der Waals surface area contributed by atoms with E-state index in [2.05, 4.69) is 10.6 Å². The predicted molar refractivity (Wildman–Crippen MR) is 67.5 cm³/mol. The summed E-state index contributed by atoms with van der Waals surface area (Å²) in [6.07, 6.45) is 0.323. The van der Waals surface area contributed by atoms with E-state index in [-0.39, 0.29) is 19.2 Å². The lowest BCUT2D eigenvalue weighted by Gasteiger charge is -2.07. The van der Waals surface area contributed by atoms with Gasteiger partial charge >= 0.3 is 0 Å². The van der Waals surface area contributed by atoms with Crippen molar-refractivity contribution in [1.82, 2.24) is 10.6 Å². The van der Waals surface area contributed by atoms with Gasteiger partial charge in [0, 0.05) is 18.7 Å². The van der Waals surface area contributed by atoms with Crippen molar-refractivity contribution >= 4 is 5.91 Å². The highest BCUT2D eigenvalue weighted by Crippen LogP contribution is 2.34. The summed E-state index contributed by atoms with van der Waals surface area (Å²) >= 11 is 0. The lowest BCUT2D eigenvalue weighted by molar-refractivity contribution is -0.120. The first kappa shape index (κ1) is 13.2. The maximum atomic E-state index is 11.4. The highest BCUT2D eigenvalue weighted by atomic mass is 16.7. The molecule has 0 atom stereocenters. The standard InChI is InChI=1S/C13H15N3O3/c14-5-2-6-16-12(17)8-15-7-10-3-1-4-11-13(10)19-9-18-11/h1,3-4,15H,2,6-9H2,(H,16,17). The molecular weight excluding hydrogens is 246 g/mol. The molecule has 1 aliphatic rings. The van der Waals surface area contributed by atoms with Crippen LogP contribution < -0.4 is 20.1 Å². The zero-order chi connectivity index (χ0) is 13.5. The number of benzene rings is 1. The Balaban J connectivity index is 1.76. The molecule has 0 aromatic heterocycles. The lowest BCUT2D eigenvalue weighted by atomic mass is 10.2. The van der Waals surface area contributed by atoms with E-state index < -0.39 is 0 Å². The Bertz CT molecular complexity index is 496. The number of amides is 1. The molecule has 0 saturated heterocycles. The molecule has 1 aromatic rings. The van der Waals surface area contributed by atoms with Gasteiger partial charge in [0.05, 0.1) is 19.0 Å². The van der Waals surface area contributed by atoms with Gasteiger partial charge in [-0.15, -0.1) is 0 Å². The van der Waals surface area contributed by atoms with Crippen molar-refractivity contribution < 1.29 is 14.3 Å². The maximum absolute atomic E-state index is 11.4. The normalized spacial score (nSPS) is 11.9. The van der Waals surface area contributed by atoms with Gasteiger partial charge in [0.1, 0.15) is 0 Å². The number of para-hydroxylation sites is 1. The average Bonchev–Trinajstić information content (AvgIpc) is 2.88. The molecule has 6 heteroatoms. The third-order valence-electron chi connectivity index (χ3n) is 2.64. The highest BCUT2D eigenvalue weighted by molar-refractivity contribution is 5.77. The van der Waals surface area contributed by atoms with Crippen LogP contribution in [-0.4, -0.2) is 25.8 Å². The minimum Gasteiger partial charge on any atom is -0.454 e. The molecule has 0 aliphatic carbocycles. The fourth-order valence-electron chi connectivity index (χ4n) is 1.76. The van der Waals surface area contributed by atoms with Crippen LogP contribution in [0.1, 0.15) is 12.0 Å². The number of hydrogen-bond acceptors (Lipinski definition) is 5. The monoisotopic (exact) mass is 261 g/mol. The van der Waals surface area contributed by atoms with E-state index in [4.69, 9.17) is 14.7 Å². The molecule has 1 aromatic carbocycles. The van der Waals surface area contributed by atoms with Gasteiger partial charge in [-0.1, -0.05) is 12.1 Å². The Kier molecular flexibility index (Phi) is 4.59. The molecule has 1 heterocycles. The van der Waals surface area contributed by atoms with E-state index in [1.807, 2.05) is 24.3 Å². The van der Waals surface area contributed by atoms with Crippen LogP contribution in [0.25, 0.3) is 0 Å². The van der Waals surface area contributed by atoms with Gasteiger partial charge in [-0.2, -0.15) is 5.26 Å². The Morgan fingerprint density at radius 2 is 2.32 bits per heavy atom. The molecule has 0 bridgehead atoms. The number of ether oxygens (including phenoxy) is 2. The Morgan fingerprint density at radius 3 is 3.16 bits per heavy atom.